The molecule has 1 aliphatic carbocycles. The first-order valence-electron chi connectivity index (χ1n) is 9.98. The van der Waals surface area contributed by atoms with Gasteiger partial charge in [0.2, 0.25) is 5.91 Å². The van der Waals surface area contributed by atoms with Gasteiger partial charge in [-0.1, -0.05) is 0 Å². The van der Waals surface area contributed by atoms with E-state index in [0.29, 0.717) is 23.0 Å². The average Bonchev–Trinajstić information content (AvgIpc) is 3.41. The number of ether oxygens (including phenoxy) is 2. The summed E-state index contributed by atoms with van der Waals surface area (Å²) < 4.78 is 10.7. The molecule has 2 N–H and O–H groups in total. The number of hydrogen-bond acceptors (Lipinski definition) is 6. The van der Waals surface area contributed by atoms with Gasteiger partial charge in [0.05, 0.1) is 24.8 Å². The lowest BCUT2D eigenvalue weighted by molar-refractivity contribution is -0.123. The van der Waals surface area contributed by atoms with Crippen LogP contribution in [0.4, 0.5) is 5.13 Å². The standard InChI is InChI=1S/C21H25N3O4S/c1-27-14-9-7-13(8-10-14)19(25)24-21-23-18-16(5-2-6-17(18)29-21)20(26)22-12-15-4-3-11-28-15/h7-10,15-16H,2-6,11-12H2,1H3,(H,22,26)(H,23,24,25)/t15-,16-/m0/s1. The minimum atomic E-state index is -0.261. The Morgan fingerprint density at radius 1 is 1.24 bits per heavy atom. The van der Waals surface area contributed by atoms with Crippen molar-refractivity contribution in [1.29, 1.82) is 0 Å². The van der Waals surface area contributed by atoms with E-state index in [9.17, 15) is 9.59 Å². The number of carbonyl (C=O) groups excluding carboxylic acids is 2. The number of nitrogens with one attached hydrogen (secondary N) is 2. The van der Waals surface area contributed by atoms with Gasteiger partial charge in [-0.05, 0) is 56.4 Å². The molecule has 2 atom stereocenters. The number of amides is 2. The molecule has 0 saturated carbocycles. The lowest BCUT2D eigenvalue weighted by Gasteiger charge is -2.21. The monoisotopic (exact) mass is 415 g/mol. The molecule has 2 aromatic rings. The molecule has 8 heteroatoms. The van der Waals surface area contributed by atoms with Crippen LogP contribution in [-0.2, 0) is 16.0 Å². The van der Waals surface area contributed by atoms with Gasteiger partial charge in [0.1, 0.15) is 5.75 Å². The summed E-state index contributed by atoms with van der Waals surface area (Å²) in [4.78, 5) is 30.9. The molecule has 1 aromatic heterocycles. The van der Waals surface area contributed by atoms with Crippen molar-refractivity contribution in [3.63, 3.8) is 0 Å². The average molecular weight is 416 g/mol. The maximum Gasteiger partial charge on any atom is 0.257 e. The van der Waals surface area contributed by atoms with Gasteiger partial charge in [-0.2, -0.15) is 0 Å². The summed E-state index contributed by atoms with van der Waals surface area (Å²) in [6, 6.07) is 6.92. The zero-order chi connectivity index (χ0) is 20.2. The van der Waals surface area contributed by atoms with Gasteiger partial charge in [0.15, 0.2) is 5.13 Å². The highest BCUT2D eigenvalue weighted by Gasteiger charge is 2.31. The van der Waals surface area contributed by atoms with Crippen molar-refractivity contribution in [2.45, 2.75) is 44.1 Å². The van der Waals surface area contributed by atoms with Crippen molar-refractivity contribution in [3.8, 4) is 5.75 Å². The molecule has 4 rings (SSSR count). The number of anilines is 1. The molecule has 0 bridgehead atoms. The highest BCUT2D eigenvalue weighted by molar-refractivity contribution is 7.15. The first-order chi connectivity index (χ1) is 14.1. The van der Waals surface area contributed by atoms with E-state index in [1.54, 1.807) is 31.4 Å². The van der Waals surface area contributed by atoms with Gasteiger partial charge in [-0.25, -0.2) is 4.98 Å². The summed E-state index contributed by atoms with van der Waals surface area (Å²) >= 11 is 1.46. The number of benzene rings is 1. The Morgan fingerprint density at radius 3 is 2.79 bits per heavy atom. The maximum absolute atomic E-state index is 12.7. The summed E-state index contributed by atoms with van der Waals surface area (Å²) in [5.74, 6) is 0.212. The molecule has 2 amide bonds. The molecule has 2 aliphatic rings. The summed E-state index contributed by atoms with van der Waals surface area (Å²) in [5.41, 5.74) is 1.33. The van der Waals surface area contributed by atoms with Crippen molar-refractivity contribution in [3.05, 3.63) is 40.4 Å². The highest BCUT2D eigenvalue weighted by Crippen LogP contribution is 2.37. The minimum Gasteiger partial charge on any atom is -0.497 e. The predicted octanol–water partition coefficient (Wildman–Crippen LogP) is 3.12. The Morgan fingerprint density at radius 2 is 2.07 bits per heavy atom. The number of methoxy groups -OCH3 is 1. The molecular formula is C21H25N3O4S. The Hall–Kier alpha value is -2.45. The van der Waals surface area contributed by atoms with E-state index in [1.165, 1.54) is 11.3 Å². The Labute approximate surface area is 173 Å². The van der Waals surface area contributed by atoms with Crippen molar-refractivity contribution in [2.24, 2.45) is 0 Å². The molecular weight excluding hydrogens is 390 g/mol. The van der Waals surface area contributed by atoms with Crippen LogP contribution >= 0.6 is 11.3 Å². The predicted molar refractivity (Wildman–Crippen MR) is 111 cm³/mol. The van der Waals surface area contributed by atoms with Crippen molar-refractivity contribution in [2.75, 3.05) is 25.6 Å². The fraction of sp³-hybridized carbons (Fsp3) is 0.476. The number of aromatic nitrogens is 1. The third kappa shape index (κ3) is 4.59. The largest absolute Gasteiger partial charge is 0.497 e. The lowest BCUT2D eigenvalue weighted by Crippen LogP contribution is -2.36. The number of rotatable bonds is 6. The second kappa shape index (κ2) is 8.92. The normalized spacial score (nSPS) is 20.7. The van der Waals surface area contributed by atoms with E-state index >= 15 is 0 Å². The third-order valence-corrected chi connectivity index (χ3v) is 6.42. The Kier molecular flexibility index (Phi) is 6.10. The van der Waals surface area contributed by atoms with Crippen LogP contribution in [0.15, 0.2) is 24.3 Å². The van der Waals surface area contributed by atoms with Gasteiger partial charge in [0, 0.05) is 23.6 Å². The number of thiazole rings is 1. The second-order valence-corrected chi connectivity index (χ2v) is 8.42. The summed E-state index contributed by atoms with van der Waals surface area (Å²) in [7, 11) is 1.59. The fourth-order valence-electron chi connectivity index (χ4n) is 3.78. The van der Waals surface area contributed by atoms with Crippen molar-refractivity contribution >= 4 is 28.3 Å². The quantitative estimate of drug-likeness (QED) is 0.757. The topological polar surface area (TPSA) is 89.5 Å². The van der Waals surface area contributed by atoms with Gasteiger partial charge in [-0.15, -0.1) is 11.3 Å². The minimum absolute atomic E-state index is 0.000203. The molecule has 0 unspecified atom stereocenters. The van der Waals surface area contributed by atoms with Crippen molar-refractivity contribution in [1.82, 2.24) is 10.3 Å². The van der Waals surface area contributed by atoms with Crippen LogP contribution in [0.3, 0.4) is 0 Å². The summed E-state index contributed by atoms with van der Waals surface area (Å²) in [6.07, 6.45) is 4.78. The van der Waals surface area contributed by atoms with Crippen molar-refractivity contribution < 1.29 is 19.1 Å². The SMILES string of the molecule is COc1ccc(C(=O)Nc2nc3c(s2)CCC[C@@H]3C(=O)NC[C@@H]2CCCO2)cc1. The van der Waals surface area contributed by atoms with E-state index in [4.69, 9.17) is 9.47 Å². The fourth-order valence-corrected chi connectivity index (χ4v) is 4.84. The number of hydrogen-bond donors (Lipinski definition) is 2. The second-order valence-electron chi connectivity index (χ2n) is 7.34. The molecule has 1 aliphatic heterocycles. The van der Waals surface area contributed by atoms with Crippen LogP contribution in [0, 0.1) is 0 Å². The smallest absolute Gasteiger partial charge is 0.257 e. The lowest BCUT2D eigenvalue weighted by atomic mass is 9.90. The number of fused-ring (bicyclic) bond motifs is 1. The van der Waals surface area contributed by atoms with Gasteiger partial charge >= 0.3 is 0 Å². The summed E-state index contributed by atoms with van der Waals surface area (Å²) in [5, 5.41) is 6.43. The van der Waals surface area contributed by atoms with Crippen LogP contribution in [0.2, 0.25) is 0 Å². The first kappa shape index (κ1) is 19.8. The zero-order valence-corrected chi connectivity index (χ0v) is 17.2. The Balaban J connectivity index is 1.41. The van der Waals surface area contributed by atoms with Crippen LogP contribution in [0.5, 0.6) is 5.75 Å². The van der Waals surface area contributed by atoms with Crippen LogP contribution in [-0.4, -0.2) is 43.2 Å². The van der Waals surface area contributed by atoms with Gasteiger partial charge in [-0.3, -0.25) is 14.9 Å². The molecule has 0 radical (unpaired) electrons. The number of nitrogens with zero attached hydrogens (tertiary/aromatic N) is 1. The summed E-state index contributed by atoms with van der Waals surface area (Å²) in [6.45, 7) is 1.33. The van der Waals surface area contributed by atoms with Gasteiger partial charge in [0.25, 0.3) is 5.91 Å². The van der Waals surface area contributed by atoms with E-state index in [2.05, 4.69) is 15.6 Å². The maximum atomic E-state index is 12.7. The molecule has 2 heterocycles. The number of carbonyl (C=O) groups is 2. The van der Waals surface area contributed by atoms with E-state index in [-0.39, 0.29) is 23.8 Å². The van der Waals surface area contributed by atoms with Gasteiger partial charge < -0.3 is 14.8 Å². The Bertz CT molecular complexity index is 875. The van der Waals surface area contributed by atoms with Crippen LogP contribution in [0.25, 0.3) is 0 Å². The molecule has 1 saturated heterocycles. The van der Waals surface area contributed by atoms with E-state index in [1.807, 2.05) is 0 Å². The van der Waals surface area contributed by atoms with Crippen LogP contribution < -0.4 is 15.4 Å². The van der Waals surface area contributed by atoms with E-state index in [0.717, 1.165) is 49.3 Å². The zero-order valence-electron chi connectivity index (χ0n) is 16.4. The third-order valence-electron chi connectivity index (χ3n) is 5.37. The molecule has 7 nitrogen and oxygen atoms in total. The molecule has 0 spiro atoms. The highest BCUT2D eigenvalue weighted by atomic mass is 32.1. The van der Waals surface area contributed by atoms with E-state index < -0.39 is 0 Å². The molecule has 154 valence electrons. The molecule has 1 aromatic carbocycles. The van der Waals surface area contributed by atoms with Crippen LogP contribution in [0.1, 0.15) is 52.5 Å². The first-order valence-corrected chi connectivity index (χ1v) is 10.8. The molecule has 29 heavy (non-hydrogen) atoms. The number of aryl methyl sites for hydroxylation is 1. The molecule has 1 fully saturated rings.